The molecule has 4 nitrogen and oxygen atoms in total. The molecule has 2 unspecified atom stereocenters. The van der Waals surface area contributed by atoms with Gasteiger partial charge in [0.25, 0.3) is 0 Å². The number of anilines is 1. The van der Waals surface area contributed by atoms with Gasteiger partial charge in [-0.05, 0) is 54.7 Å². The van der Waals surface area contributed by atoms with E-state index in [1.54, 1.807) is 11.8 Å². The lowest BCUT2D eigenvalue weighted by atomic mass is 9.93. The number of hydrazone groups is 1. The van der Waals surface area contributed by atoms with Gasteiger partial charge in [0.15, 0.2) is 10.3 Å². The van der Waals surface area contributed by atoms with Crippen molar-refractivity contribution in [1.82, 2.24) is 9.91 Å². The summed E-state index contributed by atoms with van der Waals surface area (Å²) in [5, 5.41) is 13.4. The molecule has 1 fully saturated rings. The highest BCUT2D eigenvalue weighted by atomic mass is 35.5. The van der Waals surface area contributed by atoms with Gasteiger partial charge in [-0.25, -0.2) is 0 Å². The van der Waals surface area contributed by atoms with Crippen LogP contribution in [0.3, 0.4) is 0 Å². The van der Waals surface area contributed by atoms with Gasteiger partial charge >= 0.3 is 0 Å². The zero-order chi connectivity index (χ0) is 27.2. The van der Waals surface area contributed by atoms with Gasteiger partial charge in [0, 0.05) is 42.0 Å². The number of amidine groups is 1. The Morgan fingerprint density at radius 3 is 2.55 bits per heavy atom. The Labute approximate surface area is 245 Å². The van der Waals surface area contributed by atoms with E-state index in [1.807, 2.05) is 24.3 Å². The van der Waals surface area contributed by atoms with Gasteiger partial charge in [0.2, 0.25) is 0 Å². The second-order valence-electron chi connectivity index (χ2n) is 10.2. The zero-order valence-electron chi connectivity index (χ0n) is 23.4. The number of thioether (sulfide) groups is 1. The van der Waals surface area contributed by atoms with Crippen LogP contribution in [-0.2, 0) is 0 Å². The minimum absolute atomic E-state index is 0.458. The summed E-state index contributed by atoms with van der Waals surface area (Å²) in [6, 6.07) is 18.7. The predicted octanol–water partition coefficient (Wildman–Crippen LogP) is 9.24. The molecule has 3 rings (SSSR count). The quantitative estimate of drug-likeness (QED) is 0.130. The van der Waals surface area contributed by atoms with E-state index >= 15 is 0 Å². The van der Waals surface area contributed by atoms with Crippen molar-refractivity contribution in [2.45, 2.75) is 78.1 Å². The summed E-state index contributed by atoms with van der Waals surface area (Å²) in [4.78, 5) is 2.15. The number of benzene rings is 2. The molecule has 38 heavy (non-hydrogen) atoms. The van der Waals surface area contributed by atoms with Crippen molar-refractivity contribution >= 4 is 51.5 Å². The van der Waals surface area contributed by atoms with Gasteiger partial charge in [-0.1, -0.05) is 119 Å². The Morgan fingerprint density at radius 2 is 1.84 bits per heavy atom. The van der Waals surface area contributed by atoms with Crippen LogP contribution in [0.25, 0.3) is 0 Å². The summed E-state index contributed by atoms with van der Waals surface area (Å²) in [7, 11) is 0. The second kappa shape index (κ2) is 17.0. The molecule has 0 radical (unpaired) electrons. The molecule has 2 aromatic carbocycles. The average molecular weight is 573 g/mol. The molecule has 0 bridgehead atoms. The van der Waals surface area contributed by atoms with Crippen LogP contribution in [-0.4, -0.2) is 45.6 Å². The third kappa shape index (κ3) is 10.1. The van der Waals surface area contributed by atoms with E-state index in [-0.39, 0.29) is 0 Å². The van der Waals surface area contributed by atoms with Crippen molar-refractivity contribution in [2.75, 3.05) is 30.7 Å². The Hall–Kier alpha value is -1.76. The van der Waals surface area contributed by atoms with E-state index in [9.17, 15) is 0 Å². The Bertz CT molecular complexity index is 1000. The molecule has 1 saturated heterocycles. The van der Waals surface area contributed by atoms with Crippen LogP contribution in [0.5, 0.6) is 0 Å². The predicted molar refractivity (Wildman–Crippen MR) is 172 cm³/mol. The number of unbranched alkanes of at least 4 members (excludes halogenated alkanes) is 3. The smallest absolute Gasteiger partial charge is 0.189 e. The Morgan fingerprint density at radius 1 is 1.03 bits per heavy atom. The standard InChI is InChI=1S/C31H45ClN4S2/c1-4-7-8-10-15-25(6-3)23-35(24-27(14-5-2)26-16-11-9-12-17-26)34-31-36(20-21-38-31)30(37)33-29-19-13-18-28(32)22-29/h9,11-13,16-19,22,25,27H,4-8,10,14-15,20-21,23-24H2,1-3H3,(H,33,37)/b34-31+. The number of nitrogens with one attached hydrogen (secondary N) is 1. The fourth-order valence-corrected chi connectivity index (χ4v) is 6.49. The molecular formula is C31H45ClN4S2. The molecule has 0 amide bonds. The third-order valence-electron chi connectivity index (χ3n) is 7.18. The van der Waals surface area contributed by atoms with Crippen molar-refractivity contribution in [3.63, 3.8) is 0 Å². The summed E-state index contributed by atoms with van der Waals surface area (Å²) in [5.41, 5.74) is 2.31. The van der Waals surface area contributed by atoms with Gasteiger partial charge in [-0.15, -0.1) is 0 Å². The first-order chi connectivity index (χ1) is 18.5. The molecule has 0 aliphatic carbocycles. The van der Waals surface area contributed by atoms with Crippen LogP contribution in [0, 0.1) is 5.92 Å². The first kappa shape index (κ1) is 30.8. The summed E-state index contributed by atoms with van der Waals surface area (Å²) in [6.07, 6.45) is 10.0. The monoisotopic (exact) mass is 572 g/mol. The van der Waals surface area contributed by atoms with Crippen LogP contribution in [0.1, 0.15) is 83.6 Å². The van der Waals surface area contributed by atoms with E-state index in [0.29, 0.717) is 22.0 Å². The van der Waals surface area contributed by atoms with E-state index in [0.717, 1.165) is 49.1 Å². The second-order valence-corrected chi connectivity index (χ2v) is 12.1. The molecule has 208 valence electrons. The van der Waals surface area contributed by atoms with Crippen molar-refractivity contribution in [3.05, 3.63) is 65.2 Å². The van der Waals surface area contributed by atoms with E-state index in [2.05, 4.69) is 66.3 Å². The molecule has 0 aromatic heterocycles. The molecule has 1 aliphatic rings. The Kier molecular flexibility index (Phi) is 13.8. The van der Waals surface area contributed by atoms with Crippen LogP contribution in [0.2, 0.25) is 5.02 Å². The van der Waals surface area contributed by atoms with E-state index in [4.69, 9.17) is 28.9 Å². The number of halogens is 1. The van der Waals surface area contributed by atoms with Crippen molar-refractivity contribution in [3.8, 4) is 0 Å². The summed E-state index contributed by atoms with van der Waals surface area (Å²) >= 11 is 13.8. The summed E-state index contributed by atoms with van der Waals surface area (Å²) < 4.78 is 0. The lowest BCUT2D eigenvalue weighted by molar-refractivity contribution is 0.210. The average Bonchev–Trinajstić information content (AvgIpc) is 3.39. The van der Waals surface area contributed by atoms with Crippen LogP contribution in [0.15, 0.2) is 59.7 Å². The zero-order valence-corrected chi connectivity index (χ0v) is 25.8. The molecule has 1 aliphatic heterocycles. The van der Waals surface area contributed by atoms with Crippen molar-refractivity contribution in [1.29, 1.82) is 0 Å². The van der Waals surface area contributed by atoms with E-state index < -0.39 is 0 Å². The molecule has 0 spiro atoms. The van der Waals surface area contributed by atoms with Gasteiger partial charge in [0.1, 0.15) is 0 Å². The molecule has 2 aromatic rings. The molecule has 2 atom stereocenters. The van der Waals surface area contributed by atoms with Crippen molar-refractivity contribution in [2.24, 2.45) is 11.0 Å². The third-order valence-corrected chi connectivity index (χ3v) is 8.68. The van der Waals surface area contributed by atoms with Crippen LogP contribution in [0.4, 0.5) is 5.69 Å². The first-order valence-electron chi connectivity index (χ1n) is 14.4. The minimum Gasteiger partial charge on any atom is -0.332 e. The summed E-state index contributed by atoms with van der Waals surface area (Å²) in [5.74, 6) is 2.08. The summed E-state index contributed by atoms with van der Waals surface area (Å²) in [6.45, 7) is 9.66. The minimum atomic E-state index is 0.458. The molecule has 0 saturated carbocycles. The Balaban J connectivity index is 1.80. The molecular weight excluding hydrogens is 528 g/mol. The van der Waals surface area contributed by atoms with Gasteiger partial charge in [-0.3, -0.25) is 9.91 Å². The first-order valence-corrected chi connectivity index (χ1v) is 16.2. The van der Waals surface area contributed by atoms with Gasteiger partial charge in [0.05, 0.1) is 0 Å². The van der Waals surface area contributed by atoms with Gasteiger partial charge in [-0.2, -0.15) is 5.10 Å². The highest BCUT2D eigenvalue weighted by molar-refractivity contribution is 8.14. The molecule has 1 heterocycles. The SMILES string of the molecule is CCCCCCC(CC)CN(CC(CCC)c1ccccc1)/N=C1/SCCN1C(=S)Nc1cccc(Cl)c1. The fourth-order valence-electron chi connectivity index (χ4n) is 4.98. The maximum atomic E-state index is 6.19. The molecule has 7 heteroatoms. The topological polar surface area (TPSA) is 30.9 Å². The molecule has 1 N–H and O–H groups in total. The maximum absolute atomic E-state index is 6.19. The van der Waals surface area contributed by atoms with Gasteiger partial charge < -0.3 is 5.32 Å². The number of nitrogens with zero attached hydrogens (tertiary/aromatic N) is 3. The van der Waals surface area contributed by atoms with E-state index in [1.165, 1.54) is 44.1 Å². The highest BCUT2D eigenvalue weighted by Gasteiger charge is 2.26. The lowest BCUT2D eigenvalue weighted by Gasteiger charge is -2.30. The number of rotatable bonds is 15. The largest absolute Gasteiger partial charge is 0.332 e. The van der Waals surface area contributed by atoms with Crippen molar-refractivity contribution < 1.29 is 0 Å². The highest BCUT2D eigenvalue weighted by Crippen LogP contribution is 2.27. The number of hydrogen-bond acceptors (Lipinski definition) is 4. The number of thiocarbonyl (C=S) groups is 1. The normalized spacial score (nSPS) is 16.0. The lowest BCUT2D eigenvalue weighted by Crippen LogP contribution is -2.38. The number of hydrogen-bond donors (Lipinski definition) is 1. The fraction of sp³-hybridized carbons (Fsp3) is 0.548. The van der Waals surface area contributed by atoms with Crippen LogP contribution >= 0.6 is 35.6 Å². The maximum Gasteiger partial charge on any atom is 0.189 e. The van der Waals surface area contributed by atoms with Crippen LogP contribution < -0.4 is 5.32 Å².